The van der Waals surface area contributed by atoms with E-state index < -0.39 is 0 Å². The second-order valence-electron chi connectivity index (χ2n) is 0. The first-order chi connectivity index (χ1) is 0. The Morgan fingerprint density at radius 2 is 1.00 bits per heavy atom. The molecule has 0 spiro atoms. The van der Waals surface area contributed by atoms with Crippen molar-refractivity contribution in [2.24, 2.45) is 0 Å². The van der Waals surface area contributed by atoms with Crippen molar-refractivity contribution in [2.45, 2.75) is 0 Å². The van der Waals surface area contributed by atoms with Gasteiger partial charge in [0.1, 0.15) is 0 Å². The van der Waals surface area contributed by atoms with E-state index in [1.54, 1.807) is 0 Å². The van der Waals surface area contributed by atoms with Crippen molar-refractivity contribution in [2.75, 3.05) is 0 Å². The predicted molar refractivity (Wildman–Crippen MR) is 17.3 cm³/mol. The zero-order valence-corrected chi connectivity index (χ0v) is 14.0. The summed E-state index contributed by atoms with van der Waals surface area (Å²) in [6.07, 6.45) is 0. The Morgan fingerprint density at radius 1 is 1.00 bits per heavy atom. The molecule has 10 radical (unpaired) electrons. The second kappa shape index (κ2) is 16.5. The molecule has 0 aliphatic heterocycles. The van der Waals surface area contributed by atoms with Crippen LogP contribution in [0.3, 0.4) is 0 Å². The van der Waals surface area contributed by atoms with Gasteiger partial charge in [-0.25, -0.2) is 0 Å². The first kappa shape index (κ1) is 27.4. The zero-order valence-electron chi connectivity index (χ0n) is 2.10. The molecular formula is BiSbSnZn. The summed E-state index contributed by atoms with van der Waals surface area (Å²) in [4.78, 5) is 0. The van der Waals surface area contributed by atoms with Gasteiger partial charge >= 0.3 is 0 Å². The molecule has 0 fully saturated rings. The van der Waals surface area contributed by atoms with Crippen molar-refractivity contribution < 1.29 is 19.5 Å². The van der Waals surface area contributed by atoms with E-state index in [2.05, 4.69) is 0 Å². The average molecular weight is 515 g/mol. The van der Waals surface area contributed by atoms with Gasteiger partial charge in [-0.15, -0.1) is 0 Å². The van der Waals surface area contributed by atoms with Gasteiger partial charge in [0.05, 0.1) is 0 Å². The molecule has 0 N–H and O–H groups in total. The summed E-state index contributed by atoms with van der Waals surface area (Å²) in [5.41, 5.74) is 0. The topological polar surface area (TPSA) is 0 Å². The molecule has 4 heteroatoms. The molecule has 0 atom stereocenters. The third-order valence-electron chi connectivity index (χ3n) is 0. The van der Waals surface area contributed by atoms with Crippen LogP contribution in [0.1, 0.15) is 0 Å². The molecule has 0 nitrogen and oxygen atoms in total. The van der Waals surface area contributed by atoms with E-state index >= 15 is 0 Å². The maximum Gasteiger partial charge on any atom is 0 e. The quantitative estimate of drug-likeness (QED) is 0.359. The minimum Gasteiger partial charge on any atom is 0 e. The Kier molecular flexibility index (Phi) is 113. The van der Waals surface area contributed by atoms with E-state index in [1.807, 2.05) is 0 Å². The SMILES string of the molecule is [Bi].[Sb].[Sn].[Zn]. The molecule has 0 aliphatic rings. The molecule has 0 heterocycles. The normalized spacial score (nSPS) is 0. The van der Waals surface area contributed by atoms with Crippen LogP contribution in [0, 0.1) is 0 Å². The van der Waals surface area contributed by atoms with Crippen LogP contribution in [0.4, 0.5) is 0 Å². The van der Waals surface area contributed by atoms with Gasteiger partial charge in [-0.05, 0) is 0 Å². The third kappa shape index (κ3) is 8.93. The average Bonchev–Trinajstić information content (AvgIpc) is 0. The largest absolute Gasteiger partial charge is 0 e. The van der Waals surface area contributed by atoms with Crippen molar-refractivity contribution >= 4 is 74.5 Å². The van der Waals surface area contributed by atoms with Crippen molar-refractivity contribution in [1.82, 2.24) is 0 Å². The molecule has 4 heavy (non-hydrogen) atoms. The van der Waals surface area contributed by atoms with Crippen LogP contribution in [-0.4, -0.2) is 74.5 Å². The van der Waals surface area contributed by atoms with Gasteiger partial charge in [0.25, 0.3) is 0 Å². The van der Waals surface area contributed by atoms with Gasteiger partial charge < -0.3 is 0 Å². The predicted octanol–water partition coefficient (Wildman–Crippen LogP) is -1.14. The van der Waals surface area contributed by atoms with Crippen LogP contribution in [0.25, 0.3) is 0 Å². The molecule has 0 aromatic heterocycles. The molecule has 0 aromatic carbocycles. The fourth-order valence-electron chi connectivity index (χ4n) is 0. The van der Waals surface area contributed by atoms with E-state index in [4.69, 9.17) is 0 Å². The first-order valence-corrected chi connectivity index (χ1v) is 0. The smallest absolute Gasteiger partial charge is 0 e. The van der Waals surface area contributed by atoms with Gasteiger partial charge in [0.2, 0.25) is 0 Å². The molecule has 0 aliphatic carbocycles. The van der Waals surface area contributed by atoms with Crippen LogP contribution in [-0.2, 0) is 19.5 Å². The molecular weight excluding hydrogens is 515 g/mol. The Hall–Kier alpha value is 3.12. The summed E-state index contributed by atoms with van der Waals surface area (Å²) in [5.74, 6) is 0. The monoisotopic (exact) mass is 514 g/mol. The van der Waals surface area contributed by atoms with Gasteiger partial charge in [-0.2, -0.15) is 0 Å². The van der Waals surface area contributed by atoms with Crippen molar-refractivity contribution in [3.05, 3.63) is 0 Å². The molecule has 0 saturated heterocycles. The minimum atomic E-state index is 0. The summed E-state index contributed by atoms with van der Waals surface area (Å²) < 4.78 is 0. The van der Waals surface area contributed by atoms with E-state index in [0.717, 1.165) is 0 Å². The maximum atomic E-state index is 0. The van der Waals surface area contributed by atoms with Crippen LogP contribution in [0.15, 0.2) is 0 Å². The first-order valence-electron chi connectivity index (χ1n) is 0. The summed E-state index contributed by atoms with van der Waals surface area (Å²) >= 11 is 0. The van der Waals surface area contributed by atoms with Gasteiger partial charge in [0.15, 0.2) is 0 Å². The summed E-state index contributed by atoms with van der Waals surface area (Å²) in [6, 6.07) is 0. The van der Waals surface area contributed by atoms with Crippen molar-refractivity contribution in [1.29, 1.82) is 0 Å². The Bertz CT molecular complexity index is 8.00. The van der Waals surface area contributed by atoms with Crippen molar-refractivity contribution in [3.8, 4) is 0 Å². The molecule has 0 saturated carbocycles. The number of rotatable bonds is 0. The molecule has 0 aromatic rings. The summed E-state index contributed by atoms with van der Waals surface area (Å²) in [5, 5.41) is 0. The second-order valence-corrected chi connectivity index (χ2v) is 0. The maximum absolute atomic E-state index is 0. The van der Waals surface area contributed by atoms with E-state index in [-0.39, 0.29) is 94.0 Å². The fourth-order valence-corrected chi connectivity index (χ4v) is 0. The third-order valence-corrected chi connectivity index (χ3v) is 0. The molecule has 0 unspecified atom stereocenters. The fraction of sp³-hybridized carbons (Fsp3) is 0. The van der Waals surface area contributed by atoms with Gasteiger partial charge in [-0.1, -0.05) is 0 Å². The van der Waals surface area contributed by atoms with Crippen LogP contribution >= 0.6 is 0 Å². The zero-order chi connectivity index (χ0) is 0. The van der Waals surface area contributed by atoms with Crippen LogP contribution in [0.5, 0.6) is 0 Å². The summed E-state index contributed by atoms with van der Waals surface area (Å²) in [6.45, 7) is 0. The summed E-state index contributed by atoms with van der Waals surface area (Å²) in [7, 11) is 0. The number of hydrogen-bond acceptors (Lipinski definition) is 0. The number of hydrogen-bond donors (Lipinski definition) is 0. The Balaban J connectivity index is 0. The standard InChI is InChI=1S/Bi.Sb.Sn.Zn. The van der Waals surface area contributed by atoms with E-state index in [0.29, 0.717) is 0 Å². The van der Waals surface area contributed by atoms with E-state index in [1.165, 1.54) is 0 Å². The van der Waals surface area contributed by atoms with Crippen LogP contribution < -0.4 is 0 Å². The van der Waals surface area contributed by atoms with Gasteiger partial charge in [-0.3, -0.25) is 0 Å². The Morgan fingerprint density at radius 3 is 1.00 bits per heavy atom. The molecule has 16 valence electrons. The van der Waals surface area contributed by atoms with Gasteiger partial charge in [0, 0.05) is 94.0 Å². The molecule has 0 amide bonds. The molecule has 0 rings (SSSR count). The van der Waals surface area contributed by atoms with Crippen LogP contribution in [0.2, 0.25) is 0 Å². The van der Waals surface area contributed by atoms with Crippen molar-refractivity contribution in [3.63, 3.8) is 0 Å². The minimum absolute atomic E-state index is 0. The van der Waals surface area contributed by atoms with E-state index in [9.17, 15) is 0 Å². The molecule has 0 bridgehead atoms. The Labute approximate surface area is 92.1 Å².